The van der Waals surface area contributed by atoms with Gasteiger partial charge in [0.1, 0.15) is 54.9 Å². The molecule has 0 aromatic heterocycles. The van der Waals surface area contributed by atoms with Gasteiger partial charge in [0.15, 0.2) is 12.6 Å². The van der Waals surface area contributed by atoms with E-state index < -0.39 is 80.7 Å². The minimum atomic E-state index is -1.71. The minimum absolute atomic E-state index is 0.0496. The Bertz CT molecular complexity index is 1450. The molecule has 0 bridgehead atoms. The zero-order chi connectivity index (χ0) is 53.7. The highest BCUT2D eigenvalue weighted by Gasteiger charge is 2.47. The van der Waals surface area contributed by atoms with E-state index in [0.717, 1.165) is 70.6 Å². The average molecular weight is 1050 g/mol. The van der Waals surface area contributed by atoms with Crippen molar-refractivity contribution in [3.63, 3.8) is 0 Å². The van der Waals surface area contributed by atoms with E-state index in [1.54, 1.807) is 0 Å². The second-order valence-electron chi connectivity index (χ2n) is 20.5. The first-order valence-electron chi connectivity index (χ1n) is 29.4. The SMILES string of the molecule is CCCCCC/C=C\C/C=C\CCCCCCCCCC(=O)OC(COCCCCCCCCC/C=C\C/C=C\C/C=C\CCCCCCC)COC1OC(COC2OC(CO)C(O)C(O)C2O)C(O)C(O)C1O. The van der Waals surface area contributed by atoms with Crippen LogP contribution in [0.4, 0.5) is 0 Å². The monoisotopic (exact) mass is 1050 g/mol. The predicted octanol–water partition coefficient (Wildman–Crippen LogP) is 10.5. The van der Waals surface area contributed by atoms with Gasteiger partial charge in [-0.1, -0.05) is 184 Å². The smallest absolute Gasteiger partial charge is 0.306 e. The van der Waals surface area contributed by atoms with Crippen molar-refractivity contribution in [1.82, 2.24) is 0 Å². The Morgan fingerprint density at radius 2 is 0.838 bits per heavy atom. The quantitative estimate of drug-likeness (QED) is 0.0172. The summed E-state index contributed by atoms with van der Waals surface area (Å²) >= 11 is 0. The van der Waals surface area contributed by atoms with Crippen molar-refractivity contribution < 1.29 is 69.0 Å². The number of ether oxygens (including phenoxy) is 6. The minimum Gasteiger partial charge on any atom is -0.457 e. The topological polar surface area (TPSA) is 214 Å². The van der Waals surface area contributed by atoms with Crippen LogP contribution in [-0.4, -0.2) is 142 Å². The molecule has 0 spiro atoms. The number of unbranched alkanes of at least 4 members (excludes halogenated alkanes) is 23. The average Bonchev–Trinajstić information content (AvgIpc) is 3.40. The molecule has 2 aliphatic heterocycles. The molecule has 0 aromatic carbocycles. The molecule has 74 heavy (non-hydrogen) atoms. The van der Waals surface area contributed by atoms with Crippen molar-refractivity contribution in [2.24, 2.45) is 0 Å². The van der Waals surface area contributed by atoms with Crippen molar-refractivity contribution in [1.29, 1.82) is 0 Å². The van der Waals surface area contributed by atoms with Crippen molar-refractivity contribution in [2.45, 2.75) is 280 Å². The molecular formula is C60H106O14. The number of carbonyl (C=O) groups is 1. The second-order valence-corrected chi connectivity index (χ2v) is 20.5. The molecule has 0 aliphatic carbocycles. The van der Waals surface area contributed by atoms with Crippen LogP contribution in [0.5, 0.6) is 0 Å². The van der Waals surface area contributed by atoms with Crippen LogP contribution in [0.15, 0.2) is 60.8 Å². The number of aliphatic hydroxyl groups is 7. The summed E-state index contributed by atoms with van der Waals surface area (Å²) in [6.07, 6.45) is 41.3. The van der Waals surface area contributed by atoms with Gasteiger partial charge >= 0.3 is 5.97 Å². The highest BCUT2D eigenvalue weighted by molar-refractivity contribution is 5.69. The number of hydrogen-bond donors (Lipinski definition) is 7. The largest absolute Gasteiger partial charge is 0.457 e. The van der Waals surface area contributed by atoms with Gasteiger partial charge in [-0.15, -0.1) is 0 Å². The molecule has 11 unspecified atom stereocenters. The third-order valence-corrected chi connectivity index (χ3v) is 13.7. The Morgan fingerprint density at radius 1 is 0.446 bits per heavy atom. The number of hydrogen-bond acceptors (Lipinski definition) is 14. The third-order valence-electron chi connectivity index (χ3n) is 13.7. The first-order valence-corrected chi connectivity index (χ1v) is 29.4. The summed E-state index contributed by atoms with van der Waals surface area (Å²) in [5.74, 6) is -0.388. The maximum Gasteiger partial charge on any atom is 0.306 e. The first-order chi connectivity index (χ1) is 36.1. The lowest BCUT2D eigenvalue weighted by molar-refractivity contribution is -0.332. The van der Waals surface area contributed by atoms with Crippen molar-refractivity contribution in [3.05, 3.63) is 60.8 Å². The molecular weight excluding hydrogens is 945 g/mol. The zero-order valence-corrected chi connectivity index (χ0v) is 46.1. The van der Waals surface area contributed by atoms with E-state index in [1.165, 1.54) is 116 Å². The van der Waals surface area contributed by atoms with Crippen LogP contribution < -0.4 is 0 Å². The molecule has 2 fully saturated rings. The highest BCUT2D eigenvalue weighted by atomic mass is 16.7. The van der Waals surface area contributed by atoms with Gasteiger partial charge in [0.05, 0.1) is 26.4 Å². The van der Waals surface area contributed by atoms with E-state index in [4.69, 9.17) is 28.4 Å². The van der Waals surface area contributed by atoms with E-state index in [2.05, 4.69) is 74.6 Å². The van der Waals surface area contributed by atoms with Gasteiger partial charge in [-0.05, 0) is 83.5 Å². The van der Waals surface area contributed by atoms with Crippen molar-refractivity contribution in [2.75, 3.05) is 33.0 Å². The van der Waals surface area contributed by atoms with Gasteiger partial charge in [0.25, 0.3) is 0 Å². The van der Waals surface area contributed by atoms with Crippen LogP contribution in [0.3, 0.4) is 0 Å². The lowest BCUT2D eigenvalue weighted by Gasteiger charge is -2.42. The lowest BCUT2D eigenvalue weighted by Crippen LogP contribution is -2.61. The Hall–Kier alpha value is -2.31. The molecule has 14 heteroatoms. The van der Waals surface area contributed by atoms with Crippen LogP contribution in [0.1, 0.15) is 213 Å². The van der Waals surface area contributed by atoms with E-state index in [-0.39, 0.29) is 25.6 Å². The van der Waals surface area contributed by atoms with E-state index in [0.29, 0.717) is 13.0 Å². The lowest BCUT2D eigenvalue weighted by atomic mass is 9.98. The van der Waals surface area contributed by atoms with Gasteiger partial charge < -0.3 is 64.2 Å². The van der Waals surface area contributed by atoms with E-state index in [1.807, 2.05) is 0 Å². The van der Waals surface area contributed by atoms with Crippen molar-refractivity contribution >= 4 is 5.97 Å². The summed E-state index contributed by atoms with van der Waals surface area (Å²) in [7, 11) is 0. The summed E-state index contributed by atoms with van der Waals surface area (Å²) < 4.78 is 34.4. The number of aliphatic hydroxyl groups excluding tert-OH is 7. The molecule has 7 N–H and O–H groups in total. The van der Waals surface area contributed by atoms with E-state index >= 15 is 0 Å². The summed E-state index contributed by atoms with van der Waals surface area (Å²) in [6.45, 7) is 3.64. The molecule has 0 aromatic rings. The van der Waals surface area contributed by atoms with Crippen LogP contribution in [0, 0.1) is 0 Å². The maximum atomic E-state index is 13.1. The van der Waals surface area contributed by atoms with Gasteiger partial charge in [0, 0.05) is 13.0 Å². The Morgan fingerprint density at radius 3 is 1.32 bits per heavy atom. The molecule has 430 valence electrons. The maximum absolute atomic E-state index is 13.1. The fraction of sp³-hybridized carbons (Fsp3) is 0.817. The van der Waals surface area contributed by atoms with Crippen LogP contribution >= 0.6 is 0 Å². The van der Waals surface area contributed by atoms with Gasteiger partial charge in [-0.25, -0.2) is 0 Å². The summed E-state index contributed by atoms with van der Waals surface area (Å²) in [5, 5.41) is 72.3. The molecule has 0 radical (unpaired) electrons. The third kappa shape index (κ3) is 33.1. The predicted molar refractivity (Wildman–Crippen MR) is 293 cm³/mol. The number of carbonyl (C=O) groups excluding carboxylic acids is 1. The van der Waals surface area contributed by atoms with Gasteiger partial charge in [-0.2, -0.15) is 0 Å². The summed E-state index contributed by atoms with van der Waals surface area (Å²) in [5.41, 5.74) is 0. The van der Waals surface area contributed by atoms with Crippen molar-refractivity contribution in [3.8, 4) is 0 Å². The number of esters is 1. The normalized spacial score (nSPS) is 25.2. The summed E-state index contributed by atoms with van der Waals surface area (Å²) in [4.78, 5) is 13.1. The first kappa shape index (κ1) is 67.8. The Balaban J connectivity index is 1.73. The zero-order valence-electron chi connectivity index (χ0n) is 46.1. The highest BCUT2D eigenvalue weighted by Crippen LogP contribution is 2.26. The van der Waals surface area contributed by atoms with E-state index in [9.17, 15) is 40.5 Å². The fourth-order valence-electron chi connectivity index (χ4n) is 8.97. The Kier molecular flexibility index (Phi) is 42.8. The van der Waals surface area contributed by atoms with Crippen LogP contribution in [-0.2, 0) is 33.2 Å². The second kappa shape index (κ2) is 46.8. The molecule has 2 aliphatic rings. The van der Waals surface area contributed by atoms with Gasteiger partial charge in [-0.3, -0.25) is 4.79 Å². The fourth-order valence-corrected chi connectivity index (χ4v) is 8.97. The van der Waals surface area contributed by atoms with Crippen LogP contribution in [0.2, 0.25) is 0 Å². The molecule has 2 heterocycles. The molecule has 0 amide bonds. The standard InChI is InChI=1S/C60H106O14/c1-3-5-7-9-11-13-15-17-19-21-23-24-25-26-28-30-32-34-36-38-40-42-44-69-46-49(72-52(62)43-41-39-37-35-33-31-29-27-22-20-18-16-14-12-10-8-6-4-2)47-70-59-58(68)56(66)54(64)51(74-59)48-71-60-57(67)55(65)53(63)50(45-61)73-60/h14-17,20-23,25-26,49-51,53-61,63-68H,3-13,18-19,24,27-48H2,1-2H3/b16-14-,17-15-,22-20-,23-21-,26-25-. The molecule has 2 saturated heterocycles. The molecule has 2 rings (SSSR count). The van der Waals surface area contributed by atoms with Gasteiger partial charge in [0.2, 0.25) is 0 Å². The number of allylic oxidation sites excluding steroid dienone is 10. The molecule has 0 saturated carbocycles. The number of rotatable bonds is 47. The summed E-state index contributed by atoms with van der Waals surface area (Å²) in [6, 6.07) is 0. The molecule has 11 atom stereocenters. The molecule has 14 nitrogen and oxygen atoms in total. The Labute approximate surface area is 447 Å². The van der Waals surface area contributed by atoms with Crippen LogP contribution in [0.25, 0.3) is 0 Å².